The Bertz CT molecular complexity index is 482. The molecule has 0 saturated carbocycles. The van der Waals surface area contributed by atoms with Gasteiger partial charge in [0.1, 0.15) is 0 Å². The predicted octanol–water partition coefficient (Wildman–Crippen LogP) is 0.654. The highest BCUT2D eigenvalue weighted by Crippen LogP contribution is 2.10. The van der Waals surface area contributed by atoms with Gasteiger partial charge in [-0.25, -0.2) is 0 Å². The first-order valence-electron chi connectivity index (χ1n) is 4.83. The zero-order valence-electron chi connectivity index (χ0n) is 9.20. The van der Waals surface area contributed by atoms with E-state index < -0.39 is 5.41 Å². The van der Waals surface area contributed by atoms with Gasteiger partial charge in [-0.05, 0) is 19.9 Å². The fourth-order valence-corrected chi connectivity index (χ4v) is 1.03. The molecule has 5 heteroatoms. The van der Waals surface area contributed by atoms with E-state index in [2.05, 4.69) is 16.4 Å². The van der Waals surface area contributed by atoms with E-state index in [-0.39, 0.29) is 23.6 Å². The highest BCUT2D eigenvalue weighted by atomic mass is 16.2. The van der Waals surface area contributed by atoms with Gasteiger partial charge in [0.15, 0.2) is 0 Å². The van der Waals surface area contributed by atoms with Crippen molar-refractivity contribution in [2.75, 3.05) is 6.54 Å². The second kappa shape index (κ2) is 4.62. The van der Waals surface area contributed by atoms with Gasteiger partial charge < -0.3 is 10.3 Å². The van der Waals surface area contributed by atoms with Crippen molar-refractivity contribution < 1.29 is 4.79 Å². The van der Waals surface area contributed by atoms with Gasteiger partial charge in [-0.15, -0.1) is 0 Å². The molecule has 0 unspecified atom stereocenters. The lowest BCUT2D eigenvalue weighted by Gasteiger charge is -2.15. The first-order chi connectivity index (χ1) is 7.44. The van der Waals surface area contributed by atoms with Gasteiger partial charge in [-0.3, -0.25) is 9.59 Å². The molecule has 16 heavy (non-hydrogen) atoms. The van der Waals surface area contributed by atoms with Crippen LogP contribution >= 0.6 is 0 Å². The molecular weight excluding hydrogens is 206 g/mol. The first kappa shape index (κ1) is 12.0. The fourth-order valence-electron chi connectivity index (χ4n) is 1.03. The van der Waals surface area contributed by atoms with Crippen molar-refractivity contribution in [2.24, 2.45) is 5.41 Å². The number of aromatic amines is 1. The molecule has 0 fully saturated rings. The van der Waals surface area contributed by atoms with Crippen molar-refractivity contribution in [1.82, 2.24) is 10.3 Å². The number of nitriles is 1. The largest absolute Gasteiger partial charge is 0.350 e. The number of aromatic nitrogens is 1. The van der Waals surface area contributed by atoms with E-state index >= 15 is 0 Å². The van der Waals surface area contributed by atoms with E-state index in [0.717, 1.165) is 0 Å². The molecule has 0 aromatic carbocycles. The van der Waals surface area contributed by atoms with E-state index in [9.17, 15) is 9.59 Å². The highest BCUT2D eigenvalue weighted by Gasteiger charge is 2.18. The van der Waals surface area contributed by atoms with Crippen LogP contribution in [0, 0.1) is 16.7 Å². The molecule has 0 aliphatic heterocycles. The molecule has 0 atom stereocenters. The van der Waals surface area contributed by atoms with Crippen molar-refractivity contribution in [3.63, 3.8) is 0 Å². The number of nitrogens with one attached hydrogen (secondary N) is 2. The number of hydrogen-bond donors (Lipinski definition) is 2. The van der Waals surface area contributed by atoms with Crippen molar-refractivity contribution in [1.29, 1.82) is 5.26 Å². The predicted molar refractivity (Wildman–Crippen MR) is 58.8 cm³/mol. The second-order valence-corrected chi connectivity index (χ2v) is 4.12. The van der Waals surface area contributed by atoms with E-state index in [4.69, 9.17) is 5.26 Å². The number of rotatable bonds is 3. The van der Waals surface area contributed by atoms with Crippen LogP contribution in [0.3, 0.4) is 0 Å². The number of nitrogens with zero attached hydrogens (tertiary/aromatic N) is 1. The van der Waals surface area contributed by atoms with E-state index in [0.29, 0.717) is 0 Å². The van der Waals surface area contributed by atoms with Crippen molar-refractivity contribution >= 4 is 5.91 Å². The molecule has 2 N–H and O–H groups in total. The zero-order chi connectivity index (χ0) is 12.2. The standard InChI is InChI=1S/C11H13N3O2/c1-11(2,6-12)7-14-10(16)8-3-4-13-9(15)5-8/h3-5H,7H2,1-2H3,(H,13,15)(H,14,16). The third kappa shape index (κ3) is 3.24. The second-order valence-electron chi connectivity index (χ2n) is 4.12. The lowest BCUT2D eigenvalue weighted by molar-refractivity contribution is 0.0943. The van der Waals surface area contributed by atoms with Crippen LogP contribution in [-0.2, 0) is 0 Å². The zero-order valence-corrected chi connectivity index (χ0v) is 9.20. The summed E-state index contributed by atoms with van der Waals surface area (Å²) >= 11 is 0. The Labute approximate surface area is 93.1 Å². The molecular formula is C11H13N3O2. The molecule has 0 saturated heterocycles. The van der Waals surface area contributed by atoms with Gasteiger partial charge in [0.25, 0.3) is 5.91 Å². The number of pyridine rings is 1. The first-order valence-corrected chi connectivity index (χ1v) is 4.83. The molecule has 0 radical (unpaired) electrons. The average Bonchev–Trinajstić information content (AvgIpc) is 2.26. The molecule has 1 amide bonds. The van der Waals surface area contributed by atoms with Crippen LogP contribution in [0.1, 0.15) is 24.2 Å². The minimum atomic E-state index is -0.614. The summed E-state index contributed by atoms with van der Waals surface area (Å²) in [5.41, 5.74) is -0.652. The maximum Gasteiger partial charge on any atom is 0.251 e. The Morgan fingerprint density at radius 1 is 1.62 bits per heavy atom. The summed E-state index contributed by atoms with van der Waals surface area (Å²) in [4.78, 5) is 25.0. The summed E-state index contributed by atoms with van der Waals surface area (Å²) in [5, 5.41) is 11.4. The van der Waals surface area contributed by atoms with Crippen molar-refractivity contribution in [3.8, 4) is 6.07 Å². The van der Waals surface area contributed by atoms with Crippen LogP contribution in [0.15, 0.2) is 23.1 Å². The quantitative estimate of drug-likeness (QED) is 0.782. The van der Waals surface area contributed by atoms with Gasteiger partial charge >= 0.3 is 0 Å². The van der Waals surface area contributed by atoms with Crippen LogP contribution < -0.4 is 10.9 Å². The van der Waals surface area contributed by atoms with Crippen LogP contribution in [0.5, 0.6) is 0 Å². The normalized spacial score (nSPS) is 10.6. The molecule has 0 spiro atoms. The van der Waals surface area contributed by atoms with Gasteiger partial charge in [0, 0.05) is 24.4 Å². The lowest BCUT2D eigenvalue weighted by Crippen LogP contribution is -2.33. The number of H-pyrrole nitrogens is 1. The van der Waals surface area contributed by atoms with Crippen LogP contribution in [0.2, 0.25) is 0 Å². The van der Waals surface area contributed by atoms with Crippen molar-refractivity contribution in [2.45, 2.75) is 13.8 Å². The maximum absolute atomic E-state index is 11.6. The molecule has 5 nitrogen and oxygen atoms in total. The fraction of sp³-hybridized carbons (Fsp3) is 0.364. The topological polar surface area (TPSA) is 85.8 Å². The third-order valence-electron chi connectivity index (χ3n) is 2.03. The van der Waals surface area contributed by atoms with E-state index in [1.807, 2.05) is 0 Å². The molecule has 1 heterocycles. The minimum absolute atomic E-state index is 0.245. The van der Waals surface area contributed by atoms with E-state index in [1.165, 1.54) is 18.3 Å². The Morgan fingerprint density at radius 2 is 2.31 bits per heavy atom. The number of carbonyl (C=O) groups is 1. The molecule has 84 valence electrons. The number of hydrogen-bond acceptors (Lipinski definition) is 3. The van der Waals surface area contributed by atoms with Gasteiger partial charge in [-0.2, -0.15) is 5.26 Å². The molecule has 0 aliphatic carbocycles. The lowest BCUT2D eigenvalue weighted by atomic mass is 9.96. The molecule has 0 bridgehead atoms. The minimum Gasteiger partial charge on any atom is -0.350 e. The Hall–Kier alpha value is -2.09. The molecule has 1 rings (SSSR count). The van der Waals surface area contributed by atoms with Gasteiger partial charge in [0.05, 0.1) is 11.5 Å². The van der Waals surface area contributed by atoms with Crippen molar-refractivity contribution in [3.05, 3.63) is 34.2 Å². The van der Waals surface area contributed by atoms with Crippen LogP contribution in [0.4, 0.5) is 0 Å². The van der Waals surface area contributed by atoms with Crippen LogP contribution in [-0.4, -0.2) is 17.4 Å². The molecule has 1 aromatic rings. The Kier molecular flexibility index (Phi) is 3.46. The summed E-state index contributed by atoms with van der Waals surface area (Å²) in [6.45, 7) is 3.70. The summed E-state index contributed by atoms with van der Waals surface area (Å²) in [5.74, 6) is -0.352. The number of amides is 1. The summed E-state index contributed by atoms with van der Waals surface area (Å²) in [6.07, 6.45) is 1.41. The monoisotopic (exact) mass is 219 g/mol. The summed E-state index contributed by atoms with van der Waals surface area (Å²) in [7, 11) is 0. The van der Waals surface area contributed by atoms with Gasteiger partial charge in [0.2, 0.25) is 5.56 Å². The average molecular weight is 219 g/mol. The maximum atomic E-state index is 11.6. The summed E-state index contributed by atoms with van der Waals surface area (Å²) in [6, 6.07) is 4.80. The molecule has 0 aliphatic rings. The smallest absolute Gasteiger partial charge is 0.251 e. The number of carbonyl (C=O) groups excluding carboxylic acids is 1. The van der Waals surface area contributed by atoms with Gasteiger partial charge in [-0.1, -0.05) is 0 Å². The highest BCUT2D eigenvalue weighted by molar-refractivity contribution is 5.93. The van der Waals surface area contributed by atoms with Crippen LogP contribution in [0.25, 0.3) is 0 Å². The molecule has 1 aromatic heterocycles. The summed E-state index contributed by atoms with van der Waals surface area (Å²) < 4.78 is 0. The Balaban J connectivity index is 2.68. The van der Waals surface area contributed by atoms with E-state index in [1.54, 1.807) is 13.8 Å². The third-order valence-corrected chi connectivity index (χ3v) is 2.03. The Morgan fingerprint density at radius 3 is 2.88 bits per heavy atom. The SMILES string of the molecule is CC(C)(C#N)CNC(=O)c1cc[nH]c(=O)c1.